The lowest BCUT2D eigenvalue weighted by Gasteiger charge is -2.38. The summed E-state index contributed by atoms with van der Waals surface area (Å²) in [5.41, 5.74) is 2.43. The average Bonchev–Trinajstić information content (AvgIpc) is 2.81. The zero-order chi connectivity index (χ0) is 24.5. The lowest BCUT2D eigenvalue weighted by molar-refractivity contribution is -0.274. The van der Waals surface area contributed by atoms with Gasteiger partial charge in [-0.3, -0.25) is 4.79 Å². The van der Waals surface area contributed by atoms with E-state index in [1.54, 1.807) is 30.2 Å². The summed E-state index contributed by atoms with van der Waals surface area (Å²) in [7, 11) is 3.06. The summed E-state index contributed by atoms with van der Waals surface area (Å²) in [4.78, 5) is 15.2. The first kappa shape index (κ1) is 23.3. The molecule has 0 aromatic heterocycles. The highest BCUT2D eigenvalue weighted by Gasteiger charge is 2.36. The number of rotatable bonds is 5. The molecule has 1 atom stereocenters. The first-order valence-electron chi connectivity index (χ1n) is 10.4. The Morgan fingerprint density at radius 2 is 1.74 bits per heavy atom. The van der Waals surface area contributed by atoms with Crippen LogP contribution in [0.3, 0.4) is 0 Å². The van der Waals surface area contributed by atoms with Crippen molar-refractivity contribution < 1.29 is 37.3 Å². The Balaban J connectivity index is 1.81. The molecule has 6 nitrogen and oxygen atoms in total. The van der Waals surface area contributed by atoms with E-state index in [0.717, 1.165) is 23.3 Å². The minimum absolute atomic E-state index is 0.0569. The Morgan fingerprint density at radius 1 is 1.00 bits per heavy atom. The largest absolute Gasteiger partial charge is 0.573 e. The van der Waals surface area contributed by atoms with Gasteiger partial charge in [0.05, 0.1) is 20.3 Å². The van der Waals surface area contributed by atoms with Crippen molar-refractivity contribution in [2.45, 2.75) is 18.8 Å². The molecule has 1 unspecified atom stereocenters. The van der Waals surface area contributed by atoms with Gasteiger partial charge in [0.15, 0.2) is 0 Å². The Kier molecular flexibility index (Phi) is 6.28. The minimum Gasteiger partial charge on any atom is -0.508 e. The van der Waals surface area contributed by atoms with Crippen LogP contribution in [0.1, 0.15) is 33.1 Å². The number of carbonyl (C=O) groups is 1. The van der Waals surface area contributed by atoms with Crippen molar-refractivity contribution in [1.82, 2.24) is 4.90 Å². The Hall–Kier alpha value is -3.88. The number of aromatic hydroxyl groups is 1. The lowest BCUT2D eigenvalue weighted by Crippen LogP contribution is -2.40. The maximum absolute atomic E-state index is 13.6. The molecule has 1 aliphatic rings. The van der Waals surface area contributed by atoms with Crippen molar-refractivity contribution in [2.75, 3.05) is 20.8 Å². The molecule has 34 heavy (non-hydrogen) atoms. The fourth-order valence-corrected chi connectivity index (χ4v) is 4.20. The van der Waals surface area contributed by atoms with Crippen LogP contribution in [0.5, 0.6) is 23.0 Å². The lowest BCUT2D eigenvalue weighted by atomic mass is 9.86. The summed E-state index contributed by atoms with van der Waals surface area (Å²) in [6.07, 6.45) is -4.38. The average molecular weight is 473 g/mol. The van der Waals surface area contributed by atoms with E-state index in [1.165, 1.54) is 31.4 Å². The highest BCUT2D eigenvalue weighted by atomic mass is 19.4. The van der Waals surface area contributed by atoms with E-state index in [-0.39, 0.29) is 11.3 Å². The van der Waals surface area contributed by atoms with Gasteiger partial charge in [-0.2, -0.15) is 0 Å². The second-order valence-electron chi connectivity index (χ2n) is 7.72. The number of phenols is 1. The van der Waals surface area contributed by atoms with Crippen LogP contribution in [-0.2, 0) is 6.42 Å². The van der Waals surface area contributed by atoms with Gasteiger partial charge in [-0.15, -0.1) is 13.2 Å². The number of amides is 1. The number of alkyl halides is 3. The molecule has 1 N–H and O–H groups in total. The Labute approximate surface area is 194 Å². The van der Waals surface area contributed by atoms with Crippen LogP contribution >= 0.6 is 0 Å². The van der Waals surface area contributed by atoms with Crippen LogP contribution in [0.2, 0.25) is 0 Å². The molecular weight excluding hydrogens is 451 g/mol. The van der Waals surface area contributed by atoms with E-state index in [4.69, 9.17) is 9.47 Å². The number of methoxy groups -OCH3 is 2. The summed E-state index contributed by atoms with van der Waals surface area (Å²) in [6, 6.07) is 14.4. The van der Waals surface area contributed by atoms with Crippen molar-refractivity contribution >= 4 is 5.91 Å². The third-order valence-electron chi connectivity index (χ3n) is 5.65. The molecule has 0 aliphatic carbocycles. The topological polar surface area (TPSA) is 68.2 Å². The SMILES string of the molecule is COc1cc2c(c(OC)c1)C(c1ccc(O)cc1)N(C(=O)c1cccc(OC(F)(F)F)c1)CC2. The molecule has 1 amide bonds. The van der Waals surface area contributed by atoms with Crippen molar-refractivity contribution in [1.29, 1.82) is 0 Å². The fraction of sp³-hybridized carbons (Fsp3) is 0.240. The second kappa shape index (κ2) is 9.17. The monoisotopic (exact) mass is 473 g/mol. The second-order valence-corrected chi connectivity index (χ2v) is 7.72. The van der Waals surface area contributed by atoms with E-state index < -0.39 is 24.1 Å². The summed E-state index contributed by atoms with van der Waals surface area (Å²) in [5.74, 6) is 0.251. The number of halogens is 3. The normalized spacial score (nSPS) is 15.4. The molecule has 3 aromatic carbocycles. The van der Waals surface area contributed by atoms with Gasteiger partial charge in [0.1, 0.15) is 23.0 Å². The van der Waals surface area contributed by atoms with Gasteiger partial charge in [-0.05, 0) is 53.9 Å². The highest BCUT2D eigenvalue weighted by molar-refractivity contribution is 5.95. The van der Waals surface area contributed by atoms with Gasteiger partial charge < -0.3 is 24.2 Å². The van der Waals surface area contributed by atoms with E-state index >= 15 is 0 Å². The fourth-order valence-electron chi connectivity index (χ4n) is 4.20. The van der Waals surface area contributed by atoms with Crippen LogP contribution < -0.4 is 14.2 Å². The number of hydrogen-bond acceptors (Lipinski definition) is 5. The number of benzene rings is 3. The van der Waals surface area contributed by atoms with Gasteiger partial charge in [0.25, 0.3) is 5.91 Å². The molecule has 178 valence electrons. The van der Waals surface area contributed by atoms with Gasteiger partial charge in [-0.1, -0.05) is 18.2 Å². The molecule has 0 bridgehead atoms. The molecule has 1 heterocycles. The van der Waals surface area contributed by atoms with E-state index in [0.29, 0.717) is 30.0 Å². The van der Waals surface area contributed by atoms with Crippen molar-refractivity contribution in [3.8, 4) is 23.0 Å². The van der Waals surface area contributed by atoms with Gasteiger partial charge >= 0.3 is 6.36 Å². The summed E-state index contributed by atoms with van der Waals surface area (Å²) in [6.45, 7) is 0.304. The standard InChI is InChI=1S/C25H22F3NO5/c1-32-20-12-16-10-11-29(24(31)17-4-3-5-19(13-17)34-25(26,27)28)23(22(16)21(14-20)33-2)15-6-8-18(30)9-7-15/h3-9,12-14,23,30H,10-11H2,1-2H3. The minimum atomic E-state index is -4.87. The Bertz CT molecular complexity index is 1180. The van der Waals surface area contributed by atoms with Crippen LogP contribution in [-0.4, -0.2) is 43.0 Å². The van der Waals surface area contributed by atoms with Gasteiger partial charge in [0, 0.05) is 23.7 Å². The molecule has 9 heteroatoms. The van der Waals surface area contributed by atoms with Crippen LogP contribution in [0.15, 0.2) is 60.7 Å². The maximum Gasteiger partial charge on any atom is 0.573 e. The van der Waals surface area contributed by atoms with Crippen LogP contribution in [0, 0.1) is 0 Å². The first-order chi connectivity index (χ1) is 16.2. The molecule has 0 saturated carbocycles. The van der Waals surface area contributed by atoms with Crippen molar-refractivity contribution in [3.63, 3.8) is 0 Å². The summed E-state index contributed by atoms with van der Waals surface area (Å²) >= 11 is 0. The number of fused-ring (bicyclic) bond motifs is 1. The predicted molar refractivity (Wildman–Crippen MR) is 117 cm³/mol. The smallest absolute Gasteiger partial charge is 0.508 e. The zero-order valence-electron chi connectivity index (χ0n) is 18.4. The number of hydrogen-bond donors (Lipinski definition) is 1. The van der Waals surface area contributed by atoms with Gasteiger partial charge in [-0.25, -0.2) is 0 Å². The molecular formula is C25H22F3NO5. The maximum atomic E-state index is 13.6. The number of carbonyl (C=O) groups excluding carboxylic acids is 1. The number of phenolic OH excluding ortho intramolecular Hbond substituents is 1. The van der Waals surface area contributed by atoms with Crippen LogP contribution in [0.25, 0.3) is 0 Å². The molecule has 0 fully saturated rings. The van der Waals surface area contributed by atoms with Gasteiger partial charge in [0.2, 0.25) is 0 Å². The van der Waals surface area contributed by atoms with Crippen molar-refractivity contribution in [3.05, 3.63) is 82.9 Å². The third-order valence-corrected chi connectivity index (χ3v) is 5.65. The molecule has 0 radical (unpaired) electrons. The molecule has 1 aliphatic heterocycles. The van der Waals surface area contributed by atoms with E-state index in [9.17, 15) is 23.1 Å². The quantitative estimate of drug-likeness (QED) is 0.559. The van der Waals surface area contributed by atoms with E-state index in [1.807, 2.05) is 6.07 Å². The molecule has 0 spiro atoms. The molecule has 4 rings (SSSR count). The summed E-state index contributed by atoms with van der Waals surface area (Å²) in [5, 5.41) is 9.77. The van der Waals surface area contributed by atoms with E-state index in [2.05, 4.69) is 4.74 Å². The number of nitrogens with zero attached hydrogens (tertiary/aromatic N) is 1. The highest BCUT2D eigenvalue weighted by Crippen LogP contribution is 2.43. The molecule has 0 saturated heterocycles. The molecule has 3 aromatic rings. The Morgan fingerprint density at radius 3 is 2.38 bits per heavy atom. The summed E-state index contributed by atoms with van der Waals surface area (Å²) < 4.78 is 53.1. The third kappa shape index (κ3) is 4.73. The zero-order valence-corrected chi connectivity index (χ0v) is 18.4. The first-order valence-corrected chi connectivity index (χ1v) is 10.4. The van der Waals surface area contributed by atoms with Crippen LogP contribution in [0.4, 0.5) is 13.2 Å². The predicted octanol–water partition coefficient (Wildman–Crippen LogP) is 5.10. The number of ether oxygens (including phenoxy) is 3. The van der Waals surface area contributed by atoms with Crippen molar-refractivity contribution in [2.24, 2.45) is 0 Å².